The zero-order valence-electron chi connectivity index (χ0n) is 17.6. The number of ether oxygens (including phenoxy) is 1. The first-order valence-corrected chi connectivity index (χ1v) is 10.8. The van der Waals surface area contributed by atoms with Gasteiger partial charge in [0.05, 0.1) is 30.0 Å². The largest absolute Gasteiger partial charge is 0.379 e. The summed E-state index contributed by atoms with van der Waals surface area (Å²) in [5, 5.41) is 18.0. The minimum absolute atomic E-state index is 0.134. The van der Waals surface area contributed by atoms with Gasteiger partial charge in [0.15, 0.2) is 0 Å². The van der Waals surface area contributed by atoms with Gasteiger partial charge in [0.1, 0.15) is 5.69 Å². The molecule has 1 aliphatic heterocycles. The molecule has 5 rings (SSSR count). The molecule has 1 aromatic carbocycles. The number of fused-ring (bicyclic) bond motifs is 1. The molecule has 158 valence electrons. The van der Waals surface area contributed by atoms with Crippen molar-refractivity contribution in [1.82, 2.24) is 24.9 Å². The highest BCUT2D eigenvalue weighted by molar-refractivity contribution is 5.56. The summed E-state index contributed by atoms with van der Waals surface area (Å²) in [6, 6.07) is 14.3. The third kappa shape index (κ3) is 4.09. The summed E-state index contributed by atoms with van der Waals surface area (Å²) >= 11 is 0. The fraction of sp³-hybridized carbons (Fsp3) is 0.417. The lowest BCUT2D eigenvalue weighted by atomic mass is 9.77. The Hall–Kier alpha value is -3.08. The van der Waals surface area contributed by atoms with Crippen molar-refractivity contribution < 1.29 is 4.74 Å². The Morgan fingerprint density at radius 2 is 1.94 bits per heavy atom. The van der Waals surface area contributed by atoms with Crippen molar-refractivity contribution in [1.29, 1.82) is 5.26 Å². The van der Waals surface area contributed by atoms with E-state index in [4.69, 9.17) is 10.00 Å². The fourth-order valence-electron chi connectivity index (χ4n) is 5.24. The summed E-state index contributed by atoms with van der Waals surface area (Å²) in [6.07, 6.45) is 7.79. The smallest absolute Gasteiger partial charge is 0.113 e. The minimum atomic E-state index is 0.134. The molecule has 0 radical (unpaired) electrons. The predicted octanol–water partition coefficient (Wildman–Crippen LogP) is 3.31. The van der Waals surface area contributed by atoms with E-state index >= 15 is 0 Å². The molecule has 3 heterocycles. The van der Waals surface area contributed by atoms with Gasteiger partial charge in [-0.3, -0.25) is 9.88 Å². The highest BCUT2D eigenvalue weighted by Gasteiger charge is 2.43. The first kappa shape index (κ1) is 19.9. The van der Waals surface area contributed by atoms with E-state index in [1.54, 1.807) is 19.5 Å². The Kier molecular flexibility index (Phi) is 5.49. The molecule has 3 aromatic rings. The van der Waals surface area contributed by atoms with Gasteiger partial charge in [-0.05, 0) is 54.5 Å². The van der Waals surface area contributed by atoms with Crippen LogP contribution >= 0.6 is 0 Å². The molecule has 7 nitrogen and oxygen atoms in total. The van der Waals surface area contributed by atoms with Gasteiger partial charge in [-0.1, -0.05) is 17.3 Å². The van der Waals surface area contributed by atoms with Gasteiger partial charge >= 0.3 is 0 Å². The number of likely N-dealkylation sites (tertiary alicyclic amines) is 1. The van der Waals surface area contributed by atoms with Gasteiger partial charge in [-0.15, -0.1) is 5.10 Å². The zero-order chi connectivity index (χ0) is 21.2. The summed E-state index contributed by atoms with van der Waals surface area (Å²) in [5.41, 5.74) is 3.82. The molecule has 0 unspecified atom stereocenters. The molecular weight excluding hydrogens is 388 g/mol. The molecular formula is C24H26N6O. The minimum Gasteiger partial charge on any atom is -0.379 e. The van der Waals surface area contributed by atoms with Gasteiger partial charge in [-0.2, -0.15) is 5.26 Å². The number of pyridine rings is 1. The highest BCUT2D eigenvalue weighted by Crippen LogP contribution is 2.42. The lowest BCUT2D eigenvalue weighted by Crippen LogP contribution is -2.37. The number of aromatic nitrogens is 4. The molecule has 0 spiro atoms. The molecule has 1 aliphatic carbocycles. The van der Waals surface area contributed by atoms with Crippen molar-refractivity contribution in [2.24, 2.45) is 11.8 Å². The molecule has 0 bridgehead atoms. The number of nitrogens with zero attached hydrogens (tertiary/aromatic N) is 6. The van der Waals surface area contributed by atoms with Crippen LogP contribution in [-0.2, 0) is 11.3 Å². The molecule has 31 heavy (non-hydrogen) atoms. The maximum Gasteiger partial charge on any atom is 0.113 e. The maximum atomic E-state index is 9.17. The lowest BCUT2D eigenvalue weighted by molar-refractivity contribution is -0.00545. The average Bonchev–Trinajstić information content (AvgIpc) is 3.45. The van der Waals surface area contributed by atoms with E-state index in [9.17, 15) is 0 Å². The monoisotopic (exact) mass is 414 g/mol. The Bertz CT molecular complexity index is 1070. The van der Waals surface area contributed by atoms with Crippen LogP contribution in [0.2, 0.25) is 0 Å². The zero-order valence-corrected chi connectivity index (χ0v) is 17.6. The van der Waals surface area contributed by atoms with Gasteiger partial charge < -0.3 is 4.74 Å². The summed E-state index contributed by atoms with van der Waals surface area (Å²) in [4.78, 5) is 6.60. The molecule has 7 heteroatoms. The van der Waals surface area contributed by atoms with E-state index in [1.807, 2.05) is 41.2 Å². The van der Waals surface area contributed by atoms with Gasteiger partial charge in [0.25, 0.3) is 0 Å². The van der Waals surface area contributed by atoms with E-state index in [1.165, 1.54) is 5.56 Å². The molecule has 2 aliphatic rings. The summed E-state index contributed by atoms with van der Waals surface area (Å²) < 4.78 is 7.91. The van der Waals surface area contributed by atoms with Crippen molar-refractivity contribution in [3.05, 3.63) is 66.1 Å². The SMILES string of the molecule is CO[C@@H]1C[C@H]2CN(Cc3cccc(C#N)c3)C[C@H]2C[C@H]1n1cc(-c2ccncc2)nn1. The first-order chi connectivity index (χ1) is 15.2. The highest BCUT2D eigenvalue weighted by atomic mass is 16.5. The summed E-state index contributed by atoms with van der Waals surface area (Å²) in [5.74, 6) is 1.24. The van der Waals surface area contributed by atoms with Gasteiger partial charge in [0, 0.05) is 44.7 Å². The molecule has 2 aromatic heterocycles. The van der Waals surface area contributed by atoms with Crippen LogP contribution in [0.25, 0.3) is 11.3 Å². The molecule has 4 atom stereocenters. The number of methoxy groups -OCH3 is 1. The third-order valence-corrected chi connectivity index (χ3v) is 6.75. The van der Waals surface area contributed by atoms with Crippen molar-refractivity contribution in [2.75, 3.05) is 20.2 Å². The van der Waals surface area contributed by atoms with Crippen LogP contribution in [0.3, 0.4) is 0 Å². The number of hydrogen-bond acceptors (Lipinski definition) is 6. The second-order valence-electron chi connectivity index (χ2n) is 8.66. The number of hydrogen-bond donors (Lipinski definition) is 0. The Morgan fingerprint density at radius 3 is 2.71 bits per heavy atom. The van der Waals surface area contributed by atoms with Crippen molar-refractivity contribution in [3.8, 4) is 17.3 Å². The van der Waals surface area contributed by atoms with Crippen LogP contribution in [0.15, 0.2) is 55.0 Å². The maximum absolute atomic E-state index is 9.17. The van der Waals surface area contributed by atoms with E-state index in [0.29, 0.717) is 11.8 Å². The van der Waals surface area contributed by atoms with E-state index in [2.05, 4.69) is 32.3 Å². The predicted molar refractivity (Wildman–Crippen MR) is 116 cm³/mol. The molecule has 2 fully saturated rings. The van der Waals surface area contributed by atoms with Crippen molar-refractivity contribution >= 4 is 0 Å². The van der Waals surface area contributed by atoms with Crippen LogP contribution in [0.1, 0.15) is 30.0 Å². The first-order valence-electron chi connectivity index (χ1n) is 10.8. The number of nitriles is 1. The Morgan fingerprint density at radius 1 is 1.13 bits per heavy atom. The van der Waals surface area contributed by atoms with E-state index in [0.717, 1.165) is 49.3 Å². The lowest BCUT2D eigenvalue weighted by Gasteiger charge is -2.37. The second-order valence-corrected chi connectivity index (χ2v) is 8.66. The molecule has 0 N–H and O–H groups in total. The van der Waals surface area contributed by atoms with E-state index < -0.39 is 0 Å². The second kappa shape index (κ2) is 8.58. The van der Waals surface area contributed by atoms with Crippen LogP contribution < -0.4 is 0 Å². The summed E-state index contributed by atoms with van der Waals surface area (Å²) in [6.45, 7) is 3.04. The average molecular weight is 415 g/mol. The third-order valence-electron chi connectivity index (χ3n) is 6.75. The van der Waals surface area contributed by atoms with Crippen molar-refractivity contribution in [2.45, 2.75) is 31.5 Å². The number of rotatable bonds is 5. The molecule has 1 saturated carbocycles. The quantitative estimate of drug-likeness (QED) is 0.637. The molecule has 0 amide bonds. The topological polar surface area (TPSA) is 79.9 Å². The summed E-state index contributed by atoms with van der Waals surface area (Å²) in [7, 11) is 1.80. The molecule has 1 saturated heterocycles. The standard InChI is InChI=1S/C24H26N6O/c1-31-24-11-21-15-29(13-18-4-2-3-17(9-18)12-25)14-20(21)10-23(24)30-16-22(27-28-30)19-5-7-26-8-6-19/h2-9,16,20-21,23-24H,10-11,13-15H2,1H3/t20-,21+,23-,24-/m1/s1. The van der Waals surface area contributed by atoms with Crippen LogP contribution in [0.5, 0.6) is 0 Å². The fourth-order valence-corrected chi connectivity index (χ4v) is 5.24. The number of benzene rings is 1. The van der Waals surface area contributed by atoms with Crippen molar-refractivity contribution in [3.63, 3.8) is 0 Å². The normalized spacial score (nSPS) is 25.8. The van der Waals surface area contributed by atoms with Crippen LogP contribution in [-0.4, -0.2) is 51.2 Å². The van der Waals surface area contributed by atoms with Gasteiger partial charge in [-0.25, -0.2) is 4.68 Å². The van der Waals surface area contributed by atoms with Crippen LogP contribution in [0, 0.1) is 23.2 Å². The van der Waals surface area contributed by atoms with Crippen LogP contribution in [0.4, 0.5) is 0 Å². The Balaban J connectivity index is 1.30. The van der Waals surface area contributed by atoms with E-state index in [-0.39, 0.29) is 12.1 Å². The Labute approximate surface area is 182 Å². The van der Waals surface area contributed by atoms with Gasteiger partial charge in [0.2, 0.25) is 0 Å².